The van der Waals surface area contributed by atoms with E-state index < -0.39 is 9.05 Å². The number of benzene rings is 1. The number of imidazole rings is 1. The molecular weight excluding hydrogens is 272 g/mol. The summed E-state index contributed by atoms with van der Waals surface area (Å²) in [6.07, 6.45) is 3.93. The Hall–Kier alpha value is -1.33. The van der Waals surface area contributed by atoms with Gasteiger partial charge in [-0.1, -0.05) is 18.2 Å². The third-order valence-electron chi connectivity index (χ3n) is 3.08. The van der Waals surface area contributed by atoms with Crippen molar-refractivity contribution in [2.24, 2.45) is 0 Å². The summed E-state index contributed by atoms with van der Waals surface area (Å²) in [6, 6.07) is 6.67. The molecule has 0 amide bonds. The lowest BCUT2D eigenvalue weighted by Crippen LogP contribution is -1.94. The molecule has 0 saturated carbocycles. The topological polar surface area (TPSA) is 52.0 Å². The van der Waals surface area contributed by atoms with E-state index in [2.05, 4.69) is 9.55 Å². The lowest BCUT2D eigenvalue weighted by Gasteiger charge is -2.03. The van der Waals surface area contributed by atoms with Gasteiger partial charge >= 0.3 is 0 Å². The molecule has 4 nitrogen and oxygen atoms in total. The quantitative estimate of drug-likeness (QED) is 0.795. The van der Waals surface area contributed by atoms with Gasteiger partial charge in [-0.2, -0.15) is 0 Å². The highest BCUT2D eigenvalue weighted by molar-refractivity contribution is 8.13. The Bertz CT molecular complexity index is 685. The Morgan fingerprint density at radius 2 is 2.06 bits per heavy atom. The predicted octanol–water partition coefficient (Wildman–Crippen LogP) is 2.42. The van der Waals surface area contributed by atoms with Crippen LogP contribution in [0.3, 0.4) is 0 Å². The summed E-state index contributed by atoms with van der Waals surface area (Å²) in [5, 5.41) is 0. The Balaban J connectivity index is 2.17. The fourth-order valence-electron chi connectivity index (χ4n) is 2.28. The molecule has 0 aliphatic carbocycles. The first-order chi connectivity index (χ1) is 8.55. The summed E-state index contributed by atoms with van der Waals surface area (Å²) in [5.41, 5.74) is 1.24. The van der Waals surface area contributed by atoms with Crippen molar-refractivity contribution in [2.45, 2.75) is 24.3 Å². The second kappa shape index (κ2) is 4.10. The first-order valence-corrected chi connectivity index (χ1v) is 7.97. The zero-order valence-electron chi connectivity index (χ0n) is 9.51. The van der Waals surface area contributed by atoms with Crippen molar-refractivity contribution >= 4 is 19.7 Å². The molecule has 0 fully saturated rings. The van der Waals surface area contributed by atoms with Crippen LogP contribution in [0.4, 0.5) is 0 Å². The number of rotatable bonds is 2. The maximum atomic E-state index is 11.5. The molecule has 0 radical (unpaired) electrons. The zero-order valence-corrected chi connectivity index (χ0v) is 11.1. The van der Waals surface area contributed by atoms with E-state index in [1.165, 1.54) is 6.07 Å². The Kier molecular flexibility index (Phi) is 2.68. The SMILES string of the molecule is O=S(=O)(Cl)c1ccccc1-c1cn2c(n1)CCC2. The van der Waals surface area contributed by atoms with Gasteiger partial charge in [0.05, 0.1) is 10.6 Å². The smallest absolute Gasteiger partial charge is 0.261 e. The van der Waals surface area contributed by atoms with E-state index in [1.54, 1.807) is 18.2 Å². The highest BCUT2D eigenvalue weighted by Gasteiger charge is 2.20. The molecule has 1 aliphatic rings. The average molecular weight is 283 g/mol. The number of hydrogen-bond donors (Lipinski definition) is 0. The van der Waals surface area contributed by atoms with Crippen molar-refractivity contribution in [3.63, 3.8) is 0 Å². The van der Waals surface area contributed by atoms with Gasteiger partial charge < -0.3 is 4.57 Å². The van der Waals surface area contributed by atoms with Gasteiger partial charge in [-0.05, 0) is 12.5 Å². The van der Waals surface area contributed by atoms with Crippen LogP contribution in [0.5, 0.6) is 0 Å². The Morgan fingerprint density at radius 3 is 2.78 bits per heavy atom. The molecule has 0 N–H and O–H groups in total. The zero-order chi connectivity index (χ0) is 12.8. The number of aryl methyl sites for hydroxylation is 2. The van der Waals surface area contributed by atoms with Gasteiger partial charge in [0.25, 0.3) is 9.05 Å². The first kappa shape index (κ1) is 11.7. The highest BCUT2D eigenvalue weighted by atomic mass is 35.7. The Morgan fingerprint density at radius 1 is 1.28 bits per heavy atom. The van der Waals surface area contributed by atoms with E-state index in [-0.39, 0.29) is 4.90 Å². The van der Waals surface area contributed by atoms with E-state index in [1.807, 2.05) is 6.20 Å². The summed E-state index contributed by atoms with van der Waals surface area (Å²) in [5.74, 6) is 1.01. The van der Waals surface area contributed by atoms with Gasteiger partial charge in [-0.15, -0.1) is 0 Å². The highest BCUT2D eigenvalue weighted by Crippen LogP contribution is 2.30. The van der Waals surface area contributed by atoms with Crippen LogP contribution in [-0.4, -0.2) is 18.0 Å². The molecule has 0 saturated heterocycles. The van der Waals surface area contributed by atoms with Crippen molar-refractivity contribution in [1.82, 2.24) is 9.55 Å². The van der Waals surface area contributed by atoms with Crippen LogP contribution in [0.25, 0.3) is 11.3 Å². The minimum Gasteiger partial charge on any atom is -0.334 e. The first-order valence-electron chi connectivity index (χ1n) is 5.66. The summed E-state index contributed by atoms with van der Waals surface area (Å²) in [4.78, 5) is 4.59. The van der Waals surface area contributed by atoms with E-state index in [4.69, 9.17) is 10.7 Å². The van der Waals surface area contributed by atoms with Crippen LogP contribution in [0.15, 0.2) is 35.4 Å². The van der Waals surface area contributed by atoms with E-state index in [0.717, 1.165) is 25.2 Å². The lowest BCUT2D eigenvalue weighted by molar-refractivity contribution is 0.610. The van der Waals surface area contributed by atoms with Crippen LogP contribution >= 0.6 is 10.7 Å². The van der Waals surface area contributed by atoms with Crippen molar-refractivity contribution in [3.8, 4) is 11.3 Å². The second-order valence-corrected chi connectivity index (χ2v) is 6.81. The van der Waals surface area contributed by atoms with Gasteiger partial charge in [0.2, 0.25) is 0 Å². The molecule has 0 bridgehead atoms. The van der Waals surface area contributed by atoms with Gasteiger partial charge in [-0.25, -0.2) is 13.4 Å². The molecule has 2 aromatic rings. The van der Waals surface area contributed by atoms with Crippen LogP contribution in [-0.2, 0) is 22.0 Å². The summed E-state index contributed by atoms with van der Waals surface area (Å²) in [6.45, 7) is 0.943. The normalized spacial score (nSPS) is 14.7. The van der Waals surface area contributed by atoms with Crippen LogP contribution in [0.1, 0.15) is 12.2 Å². The van der Waals surface area contributed by atoms with Gasteiger partial charge in [0.15, 0.2) is 0 Å². The minimum absolute atomic E-state index is 0.114. The molecule has 0 unspecified atom stereocenters. The van der Waals surface area contributed by atoms with Gasteiger partial charge in [0, 0.05) is 35.4 Å². The maximum absolute atomic E-state index is 11.5. The number of halogens is 1. The molecule has 18 heavy (non-hydrogen) atoms. The number of fused-ring (bicyclic) bond motifs is 1. The summed E-state index contributed by atoms with van der Waals surface area (Å²) in [7, 11) is 1.69. The monoisotopic (exact) mass is 282 g/mol. The van der Waals surface area contributed by atoms with Gasteiger partial charge in [-0.3, -0.25) is 0 Å². The van der Waals surface area contributed by atoms with E-state index in [9.17, 15) is 8.42 Å². The largest absolute Gasteiger partial charge is 0.334 e. The van der Waals surface area contributed by atoms with E-state index >= 15 is 0 Å². The van der Waals surface area contributed by atoms with Crippen molar-refractivity contribution < 1.29 is 8.42 Å². The van der Waals surface area contributed by atoms with Crippen LogP contribution in [0, 0.1) is 0 Å². The van der Waals surface area contributed by atoms with Crippen LogP contribution in [0.2, 0.25) is 0 Å². The second-order valence-electron chi connectivity index (χ2n) is 4.27. The lowest BCUT2D eigenvalue weighted by atomic mass is 10.2. The standard InChI is InChI=1S/C12H11ClN2O2S/c13-18(16,17)11-5-2-1-4-9(11)10-8-15-7-3-6-12(15)14-10/h1-2,4-5,8H,3,6-7H2. The van der Waals surface area contributed by atoms with Gasteiger partial charge in [0.1, 0.15) is 5.82 Å². The van der Waals surface area contributed by atoms with Crippen molar-refractivity contribution in [3.05, 3.63) is 36.3 Å². The molecular formula is C12H11ClN2O2S. The molecule has 1 aromatic carbocycles. The Labute approximate surface area is 110 Å². The average Bonchev–Trinajstić information content (AvgIpc) is 2.87. The number of aromatic nitrogens is 2. The molecule has 94 valence electrons. The third kappa shape index (κ3) is 1.93. The minimum atomic E-state index is -3.75. The van der Waals surface area contributed by atoms with E-state index in [0.29, 0.717) is 11.3 Å². The number of hydrogen-bond acceptors (Lipinski definition) is 3. The molecule has 0 atom stereocenters. The number of nitrogens with zero attached hydrogens (tertiary/aromatic N) is 2. The molecule has 1 aliphatic heterocycles. The van der Waals surface area contributed by atoms with Crippen molar-refractivity contribution in [2.75, 3.05) is 0 Å². The molecule has 3 rings (SSSR count). The predicted molar refractivity (Wildman–Crippen MR) is 69.0 cm³/mol. The molecule has 6 heteroatoms. The summed E-state index contributed by atoms with van der Waals surface area (Å²) < 4.78 is 25.1. The molecule has 1 aromatic heterocycles. The fraction of sp³-hybridized carbons (Fsp3) is 0.250. The summed E-state index contributed by atoms with van der Waals surface area (Å²) >= 11 is 0. The maximum Gasteiger partial charge on any atom is 0.261 e. The fourth-order valence-corrected chi connectivity index (χ4v) is 3.36. The van der Waals surface area contributed by atoms with Crippen molar-refractivity contribution in [1.29, 1.82) is 0 Å². The third-order valence-corrected chi connectivity index (χ3v) is 4.46. The molecule has 2 heterocycles. The van der Waals surface area contributed by atoms with Crippen LogP contribution < -0.4 is 0 Å². The molecule has 0 spiro atoms.